The maximum Gasteiger partial charge on any atom is 0.145 e. The monoisotopic (exact) mass is 246 g/mol. The average molecular weight is 246 g/mol. The lowest BCUT2D eigenvalue weighted by atomic mass is 10.1. The van der Waals surface area contributed by atoms with Crippen LogP contribution in [0.25, 0.3) is 0 Å². The average Bonchev–Trinajstić information content (AvgIpc) is 2.39. The molecule has 0 amide bonds. The zero-order valence-corrected chi connectivity index (χ0v) is 10.1. The van der Waals surface area contributed by atoms with Crippen LogP contribution in [0.1, 0.15) is 25.1 Å². The number of nitrogens with two attached hydrogens (primary N) is 1. The lowest BCUT2D eigenvalue weighted by molar-refractivity contribution is 0.473. The molecule has 0 saturated carbocycles. The third-order valence-electron chi connectivity index (χ3n) is 2.61. The minimum Gasteiger partial charge on any atom is -0.456 e. The number of ether oxygens (including phenoxy) is 1. The van der Waals surface area contributed by atoms with Gasteiger partial charge in [-0.3, -0.25) is 4.98 Å². The van der Waals surface area contributed by atoms with E-state index in [1.807, 2.05) is 13.0 Å². The summed E-state index contributed by atoms with van der Waals surface area (Å²) < 4.78 is 18.5. The maximum absolute atomic E-state index is 13.0. The van der Waals surface area contributed by atoms with E-state index in [0.29, 0.717) is 11.5 Å². The SMILES string of the molecule is CCC(N)c1ccc(Oc2cccc(F)c2)cn1. The Morgan fingerprint density at radius 2 is 2.11 bits per heavy atom. The quantitative estimate of drug-likeness (QED) is 0.899. The van der Waals surface area contributed by atoms with Gasteiger partial charge in [-0.1, -0.05) is 13.0 Å². The van der Waals surface area contributed by atoms with Crippen molar-refractivity contribution in [3.8, 4) is 11.5 Å². The second-order valence-corrected chi connectivity index (χ2v) is 3.99. The van der Waals surface area contributed by atoms with E-state index in [-0.39, 0.29) is 11.9 Å². The molecule has 3 nitrogen and oxygen atoms in total. The molecule has 1 aromatic heterocycles. The van der Waals surface area contributed by atoms with Crippen molar-refractivity contribution in [1.82, 2.24) is 4.98 Å². The number of pyridine rings is 1. The van der Waals surface area contributed by atoms with Gasteiger partial charge in [0.25, 0.3) is 0 Å². The highest BCUT2D eigenvalue weighted by Crippen LogP contribution is 2.22. The van der Waals surface area contributed by atoms with E-state index in [0.717, 1.165) is 12.1 Å². The Bertz CT molecular complexity index is 513. The molecule has 1 heterocycles. The molecule has 0 aliphatic heterocycles. The number of rotatable bonds is 4. The van der Waals surface area contributed by atoms with Gasteiger partial charge in [-0.05, 0) is 30.7 Å². The van der Waals surface area contributed by atoms with Gasteiger partial charge in [0, 0.05) is 12.1 Å². The van der Waals surface area contributed by atoms with Crippen molar-refractivity contribution in [3.63, 3.8) is 0 Å². The number of benzene rings is 1. The van der Waals surface area contributed by atoms with Gasteiger partial charge in [0.15, 0.2) is 0 Å². The number of halogens is 1. The Kier molecular flexibility index (Phi) is 3.89. The molecule has 0 fully saturated rings. The Morgan fingerprint density at radius 1 is 1.28 bits per heavy atom. The highest BCUT2D eigenvalue weighted by Gasteiger charge is 2.05. The van der Waals surface area contributed by atoms with Crippen LogP contribution in [0.5, 0.6) is 11.5 Å². The Hall–Kier alpha value is -1.94. The van der Waals surface area contributed by atoms with Crippen molar-refractivity contribution in [2.45, 2.75) is 19.4 Å². The zero-order chi connectivity index (χ0) is 13.0. The normalized spacial score (nSPS) is 12.2. The van der Waals surface area contributed by atoms with Crippen LogP contribution in [0.3, 0.4) is 0 Å². The van der Waals surface area contributed by atoms with Crippen LogP contribution in [-0.2, 0) is 0 Å². The van der Waals surface area contributed by atoms with Crippen LogP contribution in [-0.4, -0.2) is 4.98 Å². The molecule has 94 valence electrons. The largest absolute Gasteiger partial charge is 0.456 e. The summed E-state index contributed by atoms with van der Waals surface area (Å²) in [5.41, 5.74) is 6.69. The summed E-state index contributed by atoms with van der Waals surface area (Å²) in [6, 6.07) is 9.52. The van der Waals surface area contributed by atoms with Gasteiger partial charge in [-0.2, -0.15) is 0 Å². The molecule has 18 heavy (non-hydrogen) atoms. The van der Waals surface area contributed by atoms with Crippen molar-refractivity contribution >= 4 is 0 Å². The molecule has 0 spiro atoms. The summed E-state index contributed by atoms with van der Waals surface area (Å²) in [5.74, 6) is 0.682. The molecule has 0 aliphatic carbocycles. The van der Waals surface area contributed by atoms with Gasteiger partial charge in [-0.25, -0.2) is 4.39 Å². The minimum absolute atomic E-state index is 0.0618. The zero-order valence-electron chi connectivity index (χ0n) is 10.1. The molecular weight excluding hydrogens is 231 g/mol. The maximum atomic E-state index is 13.0. The van der Waals surface area contributed by atoms with Crippen LogP contribution < -0.4 is 10.5 Å². The van der Waals surface area contributed by atoms with Crippen molar-refractivity contribution in [1.29, 1.82) is 0 Å². The van der Waals surface area contributed by atoms with E-state index in [4.69, 9.17) is 10.5 Å². The van der Waals surface area contributed by atoms with E-state index in [1.54, 1.807) is 24.4 Å². The van der Waals surface area contributed by atoms with Gasteiger partial charge >= 0.3 is 0 Å². The predicted octanol–water partition coefficient (Wildman–Crippen LogP) is 3.42. The Labute approximate surface area is 105 Å². The highest BCUT2D eigenvalue weighted by atomic mass is 19.1. The second kappa shape index (κ2) is 5.60. The third-order valence-corrected chi connectivity index (χ3v) is 2.61. The molecule has 0 saturated heterocycles. The Morgan fingerprint density at radius 3 is 2.72 bits per heavy atom. The molecule has 1 aromatic carbocycles. The first-order valence-electron chi connectivity index (χ1n) is 5.84. The van der Waals surface area contributed by atoms with Gasteiger partial charge in [0.1, 0.15) is 17.3 Å². The molecular formula is C14H15FN2O. The second-order valence-electron chi connectivity index (χ2n) is 3.99. The summed E-state index contributed by atoms with van der Waals surface area (Å²) >= 11 is 0. The summed E-state index contributed by atoms with van der Waals surface area (Å²) in [6.45, 7) is 2.00. The summed E-state index contributed by atoms with van der Waals surface area (Å²) in [5, 5.41) is 0. The third kappa shape index (κ3) is 3.05. The van der Waals surface area contributed by atoms with E-state index in [9.17, 15) is 4.39 Å². The summed E-state index contributed by atoms with van der Waals surface area (Å²) in [6.07, 6.45) is 2.42. The molecule has 1 unspecified atom stereocenters. The van der Waals surface area contributed by atoms with Crippen LogP contribution in [0.4, 0.5) is 4.39 Å². The van der Waals surface area contributed by atoms with Gasteiger partial charge in [-0.15, -0.1) is 0 Å². The van der Waals surface area contributed by atoms with Crippen LogP contribution in [0, 0.1) is 5.82 Å². The first-order chi connectivity index (χ1) is 8.69. The molecule has 0 bridgehead atoms. The summed E-state index contributed by atoms with van der Waals surface area (Å²) in [7, 11) is 0. The van der Waals surface area contributed by atoms with Gasteiger partial charge < -0.3 is 10.5 Å². The van der Waals surface area contributed by atoms with E-state index >= 15 is 0 Å². The first-order valence-corrected chi connectivity index (χ1v) is 5.84. The van der Waals surface area contributed by atoms with Crippen molar-refractivity contribution < 1.29 is 9.13 Å². The fraction of sp³-hybridized carbons (Fsp3) is 0.214. The predicted molar refractivity (Wildman–Crippen MR) is 67.9 cm³/mol. The molecule has 2 N–H and O–H groups in total. The molecule has 1 atom stereocenters. The fourth-order valence-corrected chi connectivity index (χ4v) is 1.55. The lowest BCUT2D eigenvalue weighted by Gasteiger charge is -2.09. The molecule has 0 aliphatic rings. The first kappa shape index (κ1) is 12.5. The van der Waals surface area contributed by atoms with Crippen LogP contribution in [0.15, 0.2) is 42.6 Å². The van der Waals surface area contributed by atoms with Gasteiger partial charge in [0.05, 0.1) is 11.9 Å². The van der Waals surface area contributed by atoms with Crippen LogP contribution >= 0.6 is 0 Å². The number of hydrogen-bond acceptors (Lipinski definition) is 3. The number of nitrogens with zero attached hydrogens (tertiary/aromatic N) is 1. The number of hydrogen-bond donors (Lipinski definition) is 1. The van der Waals surface area contributed by atoms with Crippen molar-refractivity contribution in [2.75, 3.05) is 0 Å². The topological polar surface area (TPSA) is 48.1 Å². The van der Waals surface area contributed by atoms with E-state index in [1.165, 1.54) is 12.1 Å². The van der Waals surface area contributed by atoms with E-state index < -0.39 is 0 Å². The Balaban J connectivity index is 2.11. The molecule has 4 heteroatoms. The molecule has 2 aromatic rings. The standard InChI is InChI=1S/C14H15FN2O/c1-2-13(16)14-7-6-12(9-17-14)18-11-5-3-4-10(15)8-11/h3-9,13H,2,16H2,1H3. The van der Waals surface area contributed by atoms with Gasteiger partial charge in [0.2, 0.25) is 0 Å². The van der Waals surface area contributed by atoms with Crippen LogP contribution in [0.2, 0.25) is 0 Å². The van der Waals surface area contributed by atoms with Crippen molar-refractivity contribution in [3.05, 3.63) is 54.1 Å². The minimum atomic E-state index is -0.329. The summed E-state index contributed by atoms with van der Waals surface area (Å²) in [4.78, 5) is 4.22. The van der Waals surface area contributed by atoms with Crippen molar-refractivity contribution in [2.24, 2.45) is 5.73 Å². The number of aromatic nitrogens is 1. The fourth-order valence-electron chi connectivity index (χ4n) is 1.55. The highest BCUT2D eigenvalue weighted by molar-refractivity contribution is 5.30. The van der Waals surface area contributed by atoms with E-state index in [2.05, 4.69) is 4.98 Å². The molecule has 2 rings (SSSR count). The molecule has 0 radical (unpaired) electrons. The smallest absolute Gasteiger partial charge is 0.145 e. The lowest BCUT2D eigenvalue weighted by Crippen LogP contribution is -2.10.